The van der Waals surface area contributed by atoms with Gasteiger partial charge in [-0.3, -0.25) is 4.79 Å². The Hall–Kier alpha value is -2.49. The lowest BCUT2D eigenvalue weighted by molar-refractivity contribution is -0.129. The molecule has 2 aromatic rings. The first kappa shape index (κ1) is 20.2. The van der Waals surface area contributed by atoms with Crippen molar-refractivity contribution < 1.29 is 14.3 Å². The van der Waals surface area contributed by atoms with E-state index >= 15 is 0 Å². The van der Waals surface area contributed by atoms with E-state index in [4.69, 9.17) is 9.47 Å². The summed E-state index contributed by atoms with van der Waals surface area (Å²) in [6.45, 7) is 10.2. The summed E-state index contributed by atoms with van der Waals surface area (Å²) in [7, 11) is 0. The van der Waals surface area contributed by atoms with Crippen LogP contribution < -0.4 is 14.8 Å². The minimum atomic E-state index is -0.521. The number of nitrogens with one attached hydrogen (secondary N) is 1. The van der Waals surface area contributed by atoms with E-state index in [9.17, 15) is 4.79 Å². The molecule has 0 bridgehead atoms. The van der Waals surface area contributed by atoms with Gasteiger partial charge < -0.3 is 14.8 Å². The standard InChI is InChI=1S/C24H31NO3/c1-6-17-9-11-18(12-10-17)27-21(7-2)23(26)25-20-15-24(4,5)28-22-14-16(3)8-13-19(20)22/h8-14,20-21H,6-7,15H2,1-5H3,(H,25,26)/t20-,21+/m1/s1. The van der Waals surface area contributed by atoms with Gasteiger partial charge >= 0.3 is 0 Å². The van der Waals surface area contributed by atoms with E-state index < -0.39 is 6.10 Å². The molecule has 0 spiro atoms. The summed E-state index contributed by atoms with van der Waals surface area (Å²) < 4.78 is 12.1. The van der Waals surface area contributed by atoms with E-state index in [1.165, 1.54) is 5.56 Å². The molecule has 150 valence electrons. The zero-order valence-corrected chi connectivity index (χ0v) is 17.5. The largest absolute Gasteiger partial charge is 0.487 e. The van der Waals surface area contributed by atoms with Crippen LogP contribution in [0.15, 0.2) is 42.5 Å². The number of aryl methyl sites for hydroxylation is 2. The lowest BCUT2D eigenvalue weighted by Gasteiger charge is -2.38. The molecule has 0 fully saturated rings. The van der Waals surface area contributed by atoms with Gasteiger partial charge in [0.25, 0.3) is 5.91 Å². The molecule has 0 radical (unpaired) electrons. The molecule has 0 aliphatic carbocycles. The number of carbonyl (C=O) groups is 1. The molecule has 1 aliphatic heterocycles. The summed E-state index contributed by atoms with van der Waals surface area (Å²) >= 11 is 0. The van der Waals surface area contributed by atoms with E-state index in [1.807, 2.05) is 44.2 Å². The van der Waals surface area contributed by atoms with Crippen molar-refractivity contribution in [1.29, 1.82) is 0 Å². The molecule has 1 N–H and O–H groups in total. The summed E-state index contributed by atoms with van der Waals surface area (Å²) in [6, 6.07) is 14.0. The van der Waals surface area contributed by atoms with Gasteiger partial charge in [-0.15, -0.1) is 0 Å². The fourth-order valence-corrected chi connectivity index (χ4v) is 3.64. The molecule has 0 saturated carbocycles. The summed E-state index contributed by atoms with van der Waals surface area (Å²) in [5, 5.41) is 3.20. The van der Waals surface area contributed by atoms with Crippen LogP contribution in [0.5, 0.6) is 11.5 Å². The van der Waals surface area contributed by atoms with Crippen LogP contribution in [0.25, 0.3) is 0 Å². The second kappa shape index (κ2) is 8.26. The van der Waals surface area contributed by atoms with Crippen LogP contribution in [0, 0.1) is 6.92 Å². The summed E-state index contributed by atoms with van der Waals surface area (Å²) in [5.74, 6) is 1.49. The Morgan fingerprint density at radius 1 is 1.21 bits per heavy atom. The van der Waals surface area contributed by atoms with Gasteiger partial charge in [0, 0.05) is 12.0 Å². The Morgan fingerprint density at radius 3 is 2.57 bits per heavy atom. The monoisotopic (exact) mass is 381 g/mol. The molecule has 2 atom stereocenters. The lowest BCUT2D eigenvalue weighted by Crippen LogP contribution is -2.45. The maximum atomic E-state index is 13.0. The Bertz CT molecular complexity index is 826. The number of fused-ring (bicyclic) bond motifs is 1. The van der Waals surface area contributed by atoms with Crippen LogP contribution in [0.4, 0.5) is 0 Å². The molecule has 1 heterocycles. The summed E-state index contributed by atoms with van der Waals surface area (Å²) in [6.07, 6.45) is 1.79. The van der Waals surface area contributed by atoms with Crippen molar-refractivity contribution >= 4 is 5.91 Å². The molecule has 3 rings (SSSR count). The molecular weight excluding hydrogens is 350 g/mol. The fraction of sp³-hybridized carbons (Fsp3) is 0.458. The molecule has 2 aromatic carbocycles. The highest BCUT2D eigenvalue weighted by molar-refractivity contribution is 5.81. The Labute approximate surface area is 168 Å². The number of rotatable bonds is 6. The Kier molecular flexibility index (Phi) is 5.97. The van der Waals surface area contributed by atoms with Crippen molar-refractivity contribution in [3.05, 3.63) is 59.2 Å². The maximum absolute atomic E-state index is 13.0. The van der Waals surface area contributed by atoms with Crippen LogP contribution in [0.2, 0.25) is 0 Å². The number of ether oxygens (including phenoxy) is 2. The van der Waals surface area contributed by atoms with E-state index in [0.29, 0.717) is 6.42 Å². The highest BCUT2D eigenvalue weighted by Crippen LogP contribution is 2.40. The topological polar surface area (TPSA) is 47.6 Å². The molecule has 1 aliphatic rings. The smallest absolute Gasteiger partial charge is 0.261 e. The molecule has 1 amide bonds. The quantitative estimate of drug-likeness (QED) is 0.754. The molecule has 4 heteroatoms. The zero-order valence-electron chi connectivity index (χ0n) is 17.5. The molecule has 0 unspecified atom stereocenters. The van der Waals surface area contributed by atoms with Crippen molar-refractivity contribution in [1.82, 2.24) is 5.32 Å². The highest BCUT2D eigenvalue weighted by Gasteiger charge is 2.35. The highest BCUT2D eigenvalue weighted by atomic mass is 16.5. The number of carbonyl (C=O) groups excluding carboxylic acids is 1. The van der Waals surface area contributed by atoms with Crippen LogP contribution >= 0.6 is 0 Å². The van der Waals surface area contributed by atoms with Gasteiger partial charge in [0.15, 0.2) is 6.10 Å². The van der Waals surface area contributed by atoms with Gasteiger partial charge in [-0.2, -0.15) is 0 Å². The first-order valence-corrected chi connectivity index (χ1v) is 10.2. The van der Waals surface area contributed by atoms with Crippen LogP contribution in [-0.2, 0) is 11.2 Å². The van der Waals surface area contributed by atoms with Crippen molar-refractivity contribution in [3.63, 3.8) is 0 Å². The average Bonchev–Trinajstić information content (AvgIpc) is 2.65. The summed E-state index contributed by atoms with van der Waals surface area (Å²) in [5.41, 5.74) is 3.09. The first-order valence-electron chi connectivity index (χ1n) is 10.2. The van der Waals surface area contributed by atoms with Crippen LogP contribution in [0.3, 0.4) is 0 Å². The lowest BCUT2D eigenvalue weighted by atomic mass is 9.89. The number of benzene rings is 2. The third kappa shape index (κ3) is 4.67. The van der Waals surface area contributed by atoms with Crippen molar-refractivity contribution in [2.75, 3.05) is 0 Å². The van der Waals surface area contributed by atoms with Gasteiger partial charge in [-0.25, -0.2) is 0 Å². The minimum Gasteiger partial charge on any atom is -0.487 e. The van der Waals surface area contributed by atoms with E-state index in [1.54, 1.807) is 0 Å². The predicted molar refractivity (Wildman–Crippen MR) is 112 cm³/mol. The fourth-order valence-electron chi connectivity index (χ4n) is 3.64. The van der Waals surface area contributed by atoms with Gasteiger partial charge in [0.2, 0.25) is 0 Å². The molecule has 28 heavy (non-hydrogen) atoms. The van der Waals surface area contributed by atoms with Gasteiger partial charge in [0.05, 0.1) is 6.04 Å². The van der Waals surface area contributed by atoms with Crippen LogP contribution in [0.1, 0.15) is 63.3 Å². The van der Waals surface area contributed by atoms with Crippen LogP contribution in [-0.4, -0.2) is 17.6 Å². The number of hydrogen-bond acceptors (Lipinski definition) is 3. The normalized spacial score (nSPS) is 18.5. The zero-order chi connectivity index (χ0) is 20.3. The third-order valence-electron chi connectivity index (χ3n) is 5.22. The maximum Gasteiger partial charge on any atom is 0.261 e. The average molecular weight is 382 g/mol. The second-order valence-electron chi connectivity index (χ2n) is 8.18. The van der Waals surface area contributed by atoms with Gasteiger partial charge in [-0.05, 0) is 62.9 Å². The first-order chi connectivity index (χ1) is 13.3. The van der Waals surface area contributed by atoms with Crippen molar-refractivity contribution in [2.24, 2.45) is 0 Å². The number of hydrogen-bond donors (Lipinski definition) is 1. The van der Waals surface area contributed by atoms with Crippen molar-refractivity contribution in [2.45, 2.75) is 71.6 Å². The minimum absolute atomic E-state index is 0.0868. The Morgan fingerprint density at radius 2 is 1.93 bits per heavy atom. The van der Waals surface area contributed by atoms with Gasteiger partial charge in [0.1, 0.15) is 17.1 Å². The molecule has 0 aromatic heterocycles. The SMILES string of the molecule is CCc1ccc(O[C@@H](CC)C(=O)N[C@@H]2CC(C)(C)Oc3cc(C)ccc32)cc1. The summed E-state index contributed by atoms with van der Waals surface area (Å²) in [4.78, 5) is 13.0. The van der Waals surface area contributed by atoms with Crippen molar-refractivity contribution in [3.8, 4) is 11.5 Å². The molecule has 0 saturated heterocycles. The predicted octanol–water partition coefficient (Wildman–Crippen LogP) is 5.13. The third-order valence-corrected chi connectivity index (χ3v) is 5.22. The second-order valence-corrected chi connectivity index (χ2v) is 8.18. The number of amides is 1. The molecular formula is C24H31NO3. The van der Waals surface area contributed by atoms with E-state index in [2.05, 4.69) is 38.2 Å². The molecule has 4 nitrogen and oxygen atoms in total. The van der Waals surface area contributed by atoms with E-state index in [0.717, 1.165) is 35.5 Å². The van der Waals surface area contributed by atoms with Gasteiger partial charge in [-0.1, -0.05) is 38.1 Å². The Balaban J connectivity index is 1.74. The van der Waals surface area contributed by atoms with E-state index in [-0.39, 0.29) is 17.6 Å².